The maximum absolute atomic E-state index is 14.6. The molecule has 4 heterocycles. The summed E-state index contributed by atoms with van der Waals surface area (Å²) in [6.45, 7) is 18.7. The summed E-state index contributed by atoms with van der Waals surface area (Å²) < 4.78 is 30.5. The van der Waals surface area contributed by atoms with E-state index in [4.69, 9.17) is 47.1 Å². The van der Waals surface area contributed by atoms with Gasteiger partial charge < -0.3 is 48.5 Å². The van der Waals surface area contributed by atoms with Crippen molar-refractivity contribution in [1.29, 1.82) is 0 Å². The number of thioether (sulfide) groups is 3. The lowest BCUT2D eigenvalue weighted by Gasteiger charge is -2.60. The Kier molecular flexibility index (Phi) is 20.8. The number of fused-ring (bicyclic) bond motifs is 21. The van der Waals surface area contributed by atoms with Gasteiger partial charge >= 0.3 is 0 Å². The molecule has 612 valence electrons. The molecule has 23 heteroatoms. The minimum atomic E-state index is -1.46. The fourth-order valence-electron chi connectivity index (χ4n) is 26.6. The molecule has 16 unspecified atom stereocenters. The predicted octanol–water partition coefficient (Wildman–Crippen LogP) is 16.1. The highest BCUT2D eigenvalue weighted by atomic mass is 35.5. The molecule has 18 nitrogen and oxygen atoms in total. The Bertz CT molecular complexity index is 5070. The fraction of sp³-hybridized carbons (Fsp3) is 0.587. The molecule has 4 N–H and O–H groups in total. The van der Waals surface area contributed by atoms with Crippen molar-refractivity contribution in [3.63, 3.8) is 0 Å². The van der Waals surface area contributed by atoms with Gasteiger partial charge in [0.1, 0.15) is 5.60 Å². The number of ether oxygens (including phenoxy) is 4. The quantitative estimate of drug-likeness (QED) is 0.0754. The number of aryl methyl sites for hydroxylation is 2. The number of rotatable bonds is 14. The zero-order valence-corrected chi connectivity index (χ0v) is 71.5. The van der Waals surface area contributed by atoms with E-state index in [0.717, 1.165) is 118 Å². The normalized spacial score (nSPS) is 41.1. The van der Waals surface area contributed by atoms with Crippen molar-refractivity contribution in [3.8, 4) is 0 Å². The van der Waals surface area contributed by atoms with Gasteiger partial charge in [-0.1, -0.05) is 161 Å². The highest BCUT2D eigenvalue weighted by molar-refractivity contribution is 8.00. The summed E-state index contributed by atoms with van der Waals surface area (Å²) in [5.41, 5.74) is 0.587. The molecule has 9 saturated carbocycles. The minimum absolute atomic E-state index is 0.00304. The Labute approximate surface area is 696 Å². The Balaban J connectivity index is 0.000000125. The van der Waals surface area contributed by atoms with Crippen molar-refractivity contribution in [3.05, 3.63) is 148 Å². The number of carbonyl (C=O) groups is 6. The molecule has 11 fully saturated rings. The first-order chi connectivity index (χ1) is 54.5. The van der Waals surface area contributed by atoms with E-state index in [1.807, 2.05) is 117 Å². The van der Waals surface area contributed by atoms with E-state index in [0.29, 0.717) is 42.1 Å². The van der Waals surface area contributed by atoms with Gasteiger partial charge in [0, 0.05) is 74.3 Å². The van der Waals surface area contributed by atoms with Crippen LogP contribution < -0.4 is 0 Å². The van der Waals surface area contributed by atoms with Gasteiger partial charge in [0.2, 0.25) is 0 Å². The van der Waals surface area contributed by atoms with Crippen LogP contribution in [0.2, 0.25) is 10.0 Å². The minimum Gasteiger partial charge on any atom is -0.393 e. The largest absolute Gasteiger partial charge is 0.393 e. The Morgan fingerprint density at radius 2 is 0.991 bits per heavy atom. The number of imidazole rings is 2. The second-order valence-electron chi connectivity index (χ2n) is 37.6. The van der Waals surface area contributed by atoms with E-state index >= 15 is 0 Å². The predicted molar refractivity (Wildman–Crippen MR) is 445 cm³/mol. The van der Waals surface area contributed by atoms with Gasteiger partial charge in [-0.05, 0) is 218 Å². The summed E-state index contributed by atoms with van der Waals surface area (Å²) in [7, 11) is 3.93. The molecule has 5 aromatic rings. The van der Waals surface area contributed by atoms with E-state index in [1.54, 1.807) is 48.6 Å². The van der Waals surface area contributed by atoms with E-state index < -0.39 is 63.4 Å². The van der Waals surface area contributed by atoms with Crippen molar-refractivity contribution in [1.82, 2.24) is 19.1 Å². The first-order valence-electron chi connectivity index (χ1n) is 41.6. The summed E-state index contributed by atoms with van der Waals surface area (Å²) in [4.78, 5) is 89.1. The SMILES string of the molecule is CC1(C)O[C@@H]2CC3C4CCC5=CC(=O)C=CC5(C)C4[C@@H](O)CC3(C)[C@]2(C(=O)CSc2ccc(Cl)cc2Cl)O1.CCCC1O[C@@H]2CC3C4CCC5=CC(=O)C=CC5(C)C4[C@@H](O)CC3(C)[C@]2(C(=O)CSc2nc3ccccc3n2C)O1.Cn1c(SCC(=O)[C@@]2(O)CCC3C4CCC5=CC(=O)C=CC5(C)C4[C@@H](O)CC32C)nc2ccccc21. The molecule has 115 heavy (non-hydrogen) atoms. The Hall–Kier alpha value is -5.63. The lowest BCUT2D eigenvalue weighted by atomic mass is 9.46. The maximum atomic E-state index is 14.6. The average Bonchev–Trinajstić information content (AvgIpc) is 1.52. The number of carbonyl (C=O) groups excluding carboxylic acids is 6. The highest BCUT2D eigenvalue weighted by Gasteiger charge is 2.79. The molecule has 0 spiro atoms. The first kappa shape index (κ1) is 81.7. The molecule has 2 saturated heterocycles. The number of benzene rings is 3. The van der Waals surface area contributed by atoms with Gasteiger partial charge in [0.15, 0.2) is 68.3 Å². The highest BCUT2D eigenvalue weighted by Crippen LogP contribution is 2.74. The number of halogens is 2. The van der Waals surface area contributed by atoms with E-state index in [-0.39, 0.29) is 134 Å². The van der Waals surface area contributed by atoms with Crippen molar-refractivity contribution in [2.45, 2.75) is 233 Å². The number of nitrogens with zero attached hydrogens (tertiary/aromatic N) is 4. The van der Waals surface area contributed by atoms with Crippen LogP contribution in [0, 0.1) is 85.8 Å². The number of para-hydroxylation sites is 4. The molecule has 2 aromatic heterocycles. The maximum Gasteiger partial charge on any atom is 0.178 e. The van der Waals surface area contributed by atoms with Crippen molar-refractivity contribution in [2.75, 3.05) is 17.3 Å². The third-order valence-electron chi connectivity index (χ3n) is 31.6. The summed E-state index contributed by atoms with van der Waals surface area (Å²) >= 11 is 16.7. The van der Waals surface area contributed by atoms with Crippen LogP contribution in [-0.2, 0) is 61.8 Å². The molecular weight excluding hydrogens is 1550 g/mol. The molecule has 2 aliphatic heterocycles. The van der Waals surface area contributed by atoms with Crippen LogP contribution in [0.3, 0.4) is 0 Å². The fourth-order valence-corrected chi connectivity index (χ4v) is 29.9. The Morgan fingerprint density at radius 3 is 1.48 bits per heavy atom. The van der Waals surface area contributed by atoms with Crippen molar-refractivity contribution in [2.24, 2.45) is 99.8 Å². The third kappa shape index (κ3) is 12.6. The van der Waals surface area contributed by atoms with Crippen LogP contribution in [0.25, 0.3) is 22.1 Å². The number of allylic oxidation sites excluding steroid dienone is 12. The number of Topliss-reactive ketones (excluding diaryl/α,β-unsaturated/α-hetero) is 3. The standard InChI is InChI=1S/C33H40N2O5S.C30H34Cl2O5S.C29H34N2O4S/c1-5-8-28-39-27-16-22-21-12-11-19-15-20(36)13-14-31(19,2)29(21)25(37)17-32(22,3)33(27,40-28)26(38)18-41-30-34-23-9-6-7-10-24(23)35(30)4;1-27(2)36-25-13-20-19-7-5-16-11-18(33)9-10-28(16,3)26(19)22(34)14-29(20,4)30(25,37-27)24(35)15-38-23-8-6-17(31)12-21(23)32;1-27-12-10-18(32)14-17(27)8-9-19-20-11-13-29(35,28(20,2)15-23(33)25(19)27)24(34)16-36-26-30-21-6-4-5-7-22(21)31(26)3/h6-7,9-10,13-15,21-22,25,27-29,37H,5,8,11-12,16-18H2,1-4H3;6,8-12,19-20,22,25-26,34H,5,7,13-15H2,1-4H3;4-7,10,12,14,19-20,23,25,33,35H,8-9,11,13,15-16H2,1-3H3/t21?,22?,25-,27+,28?,29?,31?,32?,33+;19?,20?,22-,25+,26?,28?,29?,30+;19?,20?,23-,25?,27?,28?,29-/m000/s1. The van der Waals surface area contributed by atoms with E-state index in [2.05, 4.69) is 46.5 Å². The molecule has 3 aromatic carbocycles. The van der Waals surface area contributed by atoms with E-state index in [1.165, 1.54) is 35.3 Å². The summed E-state index contributed by atoms with van der Waals surface area (Å²) in [6, 6.07) is 21.2. The molecule has 19 rings (SSSR count). The van der Waals surface area contributed by atoms with Crippen LogP contribution >= 0.6 is 58.5 Å². The monoisotopic (exact) mass is 1660 g/mol. The lowest BCUT2D eigenvalue weighted by molar-refractivity contribution is -0.223. The zero-order valence-electron chi connectivity index (χ0n) is 67.6. The molecule has 0 bridgehead atoms. The average molecular weight is 1660 g/mol. The second kappa shape index (κ2) is 29.3. The molecule has 0 radical (unpaired) electrons. The smallest absolute Gasteiger partial charge is 0.178 e. The van der Waals surface area contributed by atoms with Gasteiger partial charge in [-0.2, -0.15) is 0 Å². The third-order valence-corrected chi connectivity index (χ3v) is 35.4. The molecule has 0 amide bonds. The molecule has 12 aliphatic carbocycles. The second-order valence-corrected chi connectivity index (χ2v) is 41.4. The summed E-state index contributed by atoms with van der Waals surface area (Å²) in [5, 5.41) is 49.9. The summed E-state index contributed by atoms with van der Waals surface area (Å²) in [5.74, 6) is 0.643. The van der Waals surface area contributed by atoms with Gasteiger partial charge in [-0.25, -0.2) is 9.97 Å². The number of hydrogen-bond acceptors (Lipinski definition) is 19. The van der Waals surface area contributed by atoms with E-state index in [9.17, 15) is 49.2 Å². The van der Waals surface area contributed by atoms with Crippen LogP contribution in [-0.4, -0.2) is 151 Å². The van der Waals surface area contributed by atoms with Crippen LogP contribution in [0.1, 0.15) is 159 Å². The molecular formula is C92H108Cl2N4O14S3. The van der Waals surface area contributed by atoms with Crippen LogP contribution in [0.15, 0.2) is 153 Å². The number of aromatic nitrogens is 4. The molecule has 14 aliphatic rings. The topological polar surface area (TPSA) is 256 Å². The lowest BCUT2D eigenvalue weighted by Crippen LogP contribution is -2.63. The van der Waals surface area contributed by atoms with Gasteiger partial charge in [0.05, 0.1) is 74.9 Å². The van der Waals surface area contributed by atoms with Crippen molar-refractivity contribution < 1.29 is 68.1 Å². The number of hydrogen-bond donors (Lipinski definition) is 4. The summed E-state index contributed by atoms with van der Waals surface area (Å²) in [6.07, 6.45) is 24.0. The molecule has 24 atom stereocenters. The zero-order chi connectivity index (χ0) is 81.4. The van der Waals surface area contributed by atoms with Gasteiger partial charge in [-0.15, -0.1) is 11.8 Å². The number of aliphatic hydroxyl groups is 4. The number of ketones is 6. The van der Waals surface area contributed by atoms with Crippen LogP contribution in [0.5, 0.6) is 0 Å². The van der Waals surface area contributed by atoms with Gasteiger partial charge in [0.25, 0.3) is 0 Å². The Morgan fingerprint density at radius 1 is 0.548 bits per heavy atom. The van der Waals surface area contributed by atoms with Crippen molar-refractivity contribution >= 4 is 115 Å². The van der Waals surface area contributed by atoms with Crippen LogP contribution in [0.4, 0.5) is 0 Å². The van der Waals surface area contributed by atoms with Gasteiger partial charge in [-0.3, -0.25) is 28.8 Å². The first-order valence-corrected chi connectivity index (χ1v) is 45.3. The number of aliphatic hydroxyl groups excluding tert-OH is 3.